The standard InChI is InChI=1S/C18H24N2O.C8H14N2O/c1-2-16(21)12-8-3-4-9-13-18-19-14-17(20-18)15-10-6-5-7-11-15;9-7(11)1-6-2-8(3-6)4-10-5-8/h5-7,10-11,14H,2-4,8-9,12-13H2,1H3,(H,19,20);6,10H,1-5H2,(H2,9,11). The molecule has 1 saturated carbocycles. The number of Topliss-reactive ketones (excluding diaryl/α,β-unsaturated/α-hetero) is 1. The molecule has 2 aromatic rings. The van der Waals surface area contributed by atoms with E-state index in [1.54, 1.807) is 0 Å². The van der Waals surface area contributed by atoms with E-state index >= 15 is 0 Å². The zero-order chi connectivity index (χ0) is 22.8. The number of H-pyrrole nitrogens is 1. The zero-order valence-corrected chi connectivity index (χ0v) is 19.4. The van der Waals surface area contributed by atoms with Crippen molar-refractivity contribution < 1.29 is 9.59 Å². The number of amides is 1. The van der Waals surface area contributed by atoms with Crippen LogP contribution >= 0.6 is 0 Å². The number of hydrogen-bond donors (Lipinski definition) is 3. The van der Waals surface area contributed by atoms with E-state index in [1.165, 1.54) is 24.8 Å². The van der Waals surface area contributed by atoms with Gasteiger partial charge in [0.25, 0.3) is 0 Å². The summed E-state index contributed by atoms with van der Waals surface area (Å²) in [6.07, 6.45) is 11.8. The fourth-order valence-corrected chi connectivity index (χ4v) is 4.76. The van der Waals surface area contributed by atoms with Crippen LogP contribution in [0, 0.1) is 11.3 Å². The number of nitrogens with zero attached hydrogens (tertiary/aromatic N) is 1. The molecule has 0 bridgehead atoms. The molecule has 6 heteroatoms. The van der Waals surface area contributed by atoms with Gasteiger partial charge in [-0.05, 0) is 42.6 Å². The summed E-state index contributed by atoms with van der Waals surface area (Å²) in [7, 11) is 0. The summed E-state index contributed by atoms with van der Waals surface area (Å²) >= 11 is 0. The normalized spacial score (nSPS) is 16.5. The van der Waals surface area contributed by atoms with Gasteiger partial charge in [0, 0.05) is 38.8 Å². The van der Waals surface area contributed by atoms with Crippen LogP contribution in [0.1, 0.15) is 70.5 Å². The molecular weight excluding hydrogens is 400 g/mol. The maximum Gasteiger partial charge on any atom is 0.217 e. The van der Waals surface area contributed by atoms with E-state index in [0.717, 1.165) is 56.7 Å². The molecule has 1 aromatic carbocycles. The number of imidazole rings is 1. The number of benzene rings is 1. The number of carbonyl (C=O) groups excluding carboxylic acids is 2. The molecule has 6 nitrogen and oxygen atoms in total. The molecule has 32 heavy (non-hydrogen) atoms. The Kier molecular flexibility index (Phi) is 9.03. The number of aryl methyl sites for hydroxylation is 1. The monoisotopic (exact) mass is 438 g/mol. The Morgan fingerprint density at radius 1 is 1.09 bits per heavy atom. The number of ketones is 1. The molecule has 1 saturated heterocycles. The first-order valence-corrected chi connectivity index (χ1v) is 12.1. The highest BCUT2D eigenvalue weighted by molar-refractivity contribution is 5.77. The predicted molar refractivity (Wildman–Crippen MR) is 128 cm³/mol. The number of hydrogen-bond acceptors (Lipinski definition) is 4. The highest BCUT2D eigenvalue weighted by Crippen LogP contribution is 2.49. The lowest BCUT2D eigenvalue weighted by molar-refractivity contribution is -0.121. The van der Waals surface area contributed by atoms with Gasteiger partial charge in [-0.1, -0.05) is 50.1 Å². The van der Waals surface area contributed by atoms with E-state index in [1.807, 2.05) is 31.3 Å². The molecule has 4 rings (SSSR count). The molecule has 2 heterocycles. The minimum absolute atomic E-state index is 0.142. The fraction of sp³-hybridized carbons (Fsp3) is 0.577. The first kappa shape index (κ1) is 24.2. The second kappa shape index (κ2) is 12.0. The summed E-state index contributed by atoms with van der Waals surface area (Å²) in [5, 5.41) is 3.26. The second-order valence-electron chi connectivity index (χ2n) is 9.46. The molecule has 0 atom stereocenters. The average Bonchev–Trinajstić information content (AvgIpc) is 3.21. The Morgan fingerprint density at radius 2 is 1.81 bits per heavy atom. The van der Waals surface area contributed by atoms with Crippen LogP contribution in [0.5, 0.6) is 0 Å². The number of primary amides is 1. The number of unbranched alkanes of at least 4 members (excludes halogenated alkanes) is 3. The molecule has 0 radical (unpaired) electrons. The van der Waals surface area contributed by atoms with E-state index in [9.17, 15) is 9.59 Å². The Hall–Kier alpha value is -2.47. The number of nitrogens with one attached hydrogen (secondary N) is 2. The van der Waals surface area contributed by atoms with Crippen molar-refractivity contribution in [3.63, 3.8) is 0 Å². The minimum atomic E-state index is -0.142. The molecular formula is C26H38N4O2. The van der Waals surface area contributed by atoms with Crippen LogP contribution in [-0.4, -0.2) is 34.7 Å². The van der Waals surface area contributed by atoms with Crippen LogP contribution in [0.3, 0.4) is 0 Å². The summed E-state index contributed by atoms with van der Waals surface area (Å²) in [6, 6.07) is 10.3. The third-order valence-electron chi connectivity index (χ3n) is 6.66. The summed E-state index contributed by atoms with van der Waals surface area (Å²) in [4.78, 5) is 29.5. The van der Waals surface area contributed by atoms with E-state index in [4.69, 9.17) is 5.73 Å². The van der Waals surface area contributed by atoms with Gasteiger partial charge in [0.15, 0.2) is 0 Å². The molecule has 1 aromatic heterocycles. The van der Waals surface area contributed by atoms with Gasteiger partial charge < -0.3 is 16.0 Å². The SMILES string of the molecule is CCC(=O)CCCCCCc1ncc(-c2ccccc2)[nH]1.NC(=O)CC1CC2(CNC2)C1. The van der Waals surface area contributed by atoms with Gasteiger partial charge in [-0.15, -0.1) is 0 Å². The van der Waals surface area contributed by atoms with Crippen LogP contribution in [0.25, 0.3) is 11.3 Å². The van der Waals surface area contributed by atoms with Crippen LogP contribution in [0.15, 0.2) is 36.5 Å². The lowest BCUT2D eigenvalue weighted by Crippen LogP contribution is -2.60. The van der Waals surface area contributed by atoms with E-state index in [-0.39, 0.29) is 5.91 Å². The van der Waals surface area contributed by atoms with E-state index in [2.05, 4.69) is 27.4 Å². The highest BCUT2D eigenvalue weighted by Gasteiger charge is 2.48. The topological polar surface area (TPSA) is 101 Å². The summed E-state index contributed by atoms with van der Waals surface area (Å²) < 4.78 is 0. The van der Waals surface area contributed by atoms with Crippen molar-refractivity contribution in [1.82, 2.24) is 15.3 Å². The molecule has 174 valence electrons. The van der Waals surface area contributed by atoms with Crippen molar-refractivity contribution >= 4 is 11.7 Å². The summed E-state index contributed by atoms with van der Waals surface area (Å²) in [6.45, 7) is 4.24. The largest absolute Gasteiger partial charge is 0.370 e. The third kappa shape index (κ3) is 7.30. The second-order valence-corrected chi connectivity index (χ2v) is 9.46. The van der Waals surface area contributed by atoms with E-state index < -0.39 is 0 Å². The van der Waals surface area contributed by atoms with E-state index in [0.29, 0.717) is 30.0 Å². The maximum absolute atomic E-state index is 11.2. The predicted octanol–water partition coefficient (Wildman–Crippen LogP) is 4.41. The number of carbonyl (C=O) groups is 2. The molecule has 4 N–H and O–H groups in total. The highest BCUT2D eigenvalue weighted by atomic mass is 16.1. The molecule has 1 spiro atoms. The van der Waals surface area contributed by atoms with Crippen LogP contribution in [0.2, 0.25) is 0 Å². The number of nitrogens with two attached hydrogens (primary N) is 1. The van der Waals surface area contributed by atoms with Gasteiger partial charge in [-0.25, -0.2) is 4.98 Å². The van der Waals surface area contributed by atoms with Gasteiger partial charge >= 0.3 is 0 Å². The lowest BCUT2D eigenvalue weighted by Gasteiger charge is -2.54. The van der Waals surface area contributed by atoms with Crippen molar-refractivity contribution in [2.75, 3.05) is 13.1 Å². The molecule has 1 aliphatic heterocycles. The average molecular weight is 439 g/mol. The number of rotatable bonds is 11. The van der Waals surface area contributed by atoms with Gasteiger partial charge in [0.1, 0.15) is 11.6 Å². The first-order valence-electron chi connectivity index (χ1n) is 12.1. The van der Waals surface area contributed by atoms with Gasteiger partial charge in [-0.3, -0.25) is 9.59 Å². The Balaban J connectivity index is 0.000000219. The van der Waals surface area contributed by atoms with Crippen molar-refractivity contribution in [3.05, 3.63) is 42.4 Å². The molecule has 1 amide bonds. The smallest absolute Gasteiger partial charge is 0.217 e. The molecule has 1 aliphatic carbocycles. The van der Waals surface area contributed by atoms with Crippen LogP contribution in [0.4, 0.5) is 0 Å². The molecule has 2 aliphatic rings. The minimum Gasteiger partial charge on any atom is -0.370 e. The van der Waals surface area contributed by atoms with Crippen molar-refractivity contribution in [2.45, 2.75) is 71.1 Å². The zero-order valence-electron chi connectivity index (χ0n) is 19.4. The fourth-order valence-electron chi connectivity index (χ4n) is 4.76. The Bertz CT molecular complexity index is 850. The maximum atomic E-state index is 11.2. The Morgan fingerprint density at radius 3 is 2.44 bits per heavy atom. The third-order valence-corrected chi connectivity index (χ3v) is 6.66. The van der Waals surface area contributed by atoms with Crippen molar-refractivity contribution in [1.29, 1.82) is 0 Å². The Labute approximate surface area is 191 Å². The van der Waals surface area contributed by atoms with Gasteiger partial charge in [0.05, 0.1) is 11.9 Å². The number of aromatic amines is 1. The summed E-state index contributed by atoms with van der Waals surface area (Å²) in [5.74, 6) is 1.89. The van der Waals surface area contributed by atoms with Gasteiger partial charge in [0.2, 0.25) is 5.91 Å². The quantitative estimate of drug-likeness (QED) is 0.452. The summed E-state index contributed by atoms with van der Waals surface area (Å²) in [5.41, 5.74) is 7.94. The first-order chi connectivity index (χ1) is 15.5. The van der Waals surface area contributed by atoms with Crippen molar-refractivity contribution in [3.8, 4) is 11.3 Å². The van der Waals surface area contributed by atoms with Gasteiger partial charge in [-0.2, -0.15) is 0 Å². The lowest BCUT2D eigenvalue weighted by atomic mass is 9.58. The molecule has 2 fully saturated rings. The molecule has 0 unspecified atom stereocenters. The van der Waals surface area contributed by atoms with Crippen molar-refractivity contribution in [2.24, 2.45) is 17.1 Å². The van der Waals surface area contributed by atoms with Crippen LogP contribution < -0.4 is 11.1 Å². The van der Waals surface area contributed by atoms with Crippen LogP contribution in [-0.2, 0) is 16.0 Å². The number of aromatic nitrogens is 2.